The fraction of sp³-hybridized carbons (Fsp3) is 0.273. The van der Waals surface area contributed by atoms with Crippen LogP contribution in [0.3, 0.4) is 0 Å². The van der Waals surface area contributed by atoms with E-state index in [1.807, 2.05) is 24.3 Å². The maximum absolute atomic E-state index is 13.2. The van der Waals surface area contributed by atoms with Gasteiger partial charge in [0.2, 0.25) is 0 Å². The van der Waals surface area contributed by atoms with Crippen LogP contribution >= 0.6 is 0 Å². The lowest BCUT2D eigenvalue weighted by atomic mass is 10.1. The number of hydrogen-bond acceptors (Lipinski definition) is 3. The van der Waals surface area contributed by atoms with Crippen LogP contribution in [0, 0.1) is 5.82 Å². The normalized spacial score (nSPS) is 12.6. The number of ether oxygens (including phenoxy) is 1. The number of benzene rings is 2. The minimum Gasteiger partial charge on any atom is -0.497 e. The van der Waals surface area contributed by atoms with Crippen molar-refractivity contribution in [3.8, 4) is 11.4 Å². The molecule has 1 N–H and O–H groups in total. The first-order valence-electron chi connectivity index (χ1n) is 9.43. The SMILES string of the molecule is COc1ccc(CCNC(=O)c2nn(-c3ccc(F)cc3)c3c2CCC3)cc1. The monoisotopic (exact) mass is 379 g/mol. The number of amides is 1. The number of aromatic nitrogens is 2. The van der Waals surface area contributed by atoms with Crippen molar-refractivity contribution in [1.29, 1.82) is 0 Å². The summed E-state index contributed by atoms with van der Waals surface area (Å²) >= 11 is 0. The van der Waals surface area contributed by atoms with Gasteiger partial charge >= 0.3 is 0 Å². The van der Waals surface area contributed by atoms with Gasteiger partial charge < -0.3 is 10.1 Å². The first-order valence-corrected chi connectivity index (χ1v) is 9.43. The van der Waals surface area contributed by atoms with Crippen LogP contribution in [0.1, 0.15) is 33.7 Å². The molecule has 5 nitrogen and oxygen atoms in total. The first-order chi connectivity index (χ1) is 13.7. The van der Waals surface area contributed by atoms with Crippen molar-refractivity contribution < 1.29 is 13.9 Å². The Kier molecular flexibility index (Phi) is 5.10. The molecule has 0 fully saturated rings. The van der Waals surface area contributed by atoms with E-state index < -0.39 is 0 Å². The molecule has 6 heteroatoms. The van der Waals surface area contributed by atoms with E-state index in [9.17, 15) is 9.18 Å². The molecule has 0 atom stereocenters. The average molecular weight is 379 g/mol. The van der Waals surface area contributed by atoms with E-state index in [1.165, 1.54) is 12.1 Å². The van der Waals surface area contributed by atoms with Crippen LogP contribution in [0.2, 0.25) is 0 Å². The van der Waals surface area contributed by atoms with E-state index in [1.54, 1.807) is 23.9 Å². The zero-order valence-corrected chi connectivity index (χ0v) is 15.7. The number of carbonyl (C=O) groups is 1. The lowest BCUT2D eigenvalue weighted by Crippen LogP contribution is -2.27. The van der Waals surface area contributed by atoms with Crippen LogP contribution < -0.4 is 10.1 Å². The van der Waals surface area contributed by atoms with Crippen LogP contribution in [0.5, 0.6) is 5.75 Å². The van der Waals surface area contributed by atoms with E-state index in [2.05, 4.69) is 10.4 Å². The van der Waals surface area contributed by atoms with Gasteiger partial charge in [0.15, 0.2) is 5.69 Å². The van der Waals surface area contributed by atoms with Gasteiger partial charge in [0.05, 0.1) is 12.8 Å². The number of hydrogen-bond donors (Lipinski definition) is 1. The fourth-order valence-corrected chi connectivity index (χ4v) is 3.61. The highest BCUT2D eigenvalue weighted by atomic mass is 19.1. The predicted molar refractivity (Wildman–Crippen MR) is 105 cm³/mol. The molecule has 1 aliphatic rings. The van der Waals surface area contributed by atoms with Crippen molar-refractivity contribution in [3.63, 3.8) is 0 Å². The zero-order valence-electron chi connectivity index (χ0n) is 15.7. The topological polar surface area (TPSA) is 56.1 Å². The van der Waals surface area contributed by atoms with E-state index in [4.69, 9.17) is 4.74 Å². The summed E-state index contributed by atoms with van der Waals surface area (Å²) < 4.78 is 20.2. The highest BCUT2D eigenvalue weighted by Gasteiger charge is 2.26. The molecule has 28 heavy (non-hydrogen) atoms. The third-order valence-corrected chi connectivity index (χ3v) is 5.07. The lowest BCUT2D eigenvalue weighted by Gasteiger charge is -2.06. The largest absolute Gasteiger partial charge is 0.497 e. The Labute approximate surface area is 163 Å². The van der Waals surface area contributed by atoms with Gasteiger partial charge in [-0.05, 0) is 67.6 Å². The molecule has 0 radical (unpaired) electrons. The number of rotatable bonds is 6. The summed E-state index contributed by atoms with van der Waals surface area (Å²) in [6, 6.07) is 14.0. The number of fused-ring (bicyclic) bond motifs is 1. The number of halogens is 1. The van der Waals surface area contributed by atoms with Gasteiger partial charge in [-0.15, -0.1) is 0 Å². The third-order valence-electron chi connectivity index (χ3n) is 5.07. The van der Waals surface area contributed by atoms with Gasteiger partial charge in [-0.3, -0.25) is 4.79 Å². The molecular formula is C22H22FN3O2. The standard InChI is InChI=1S/C22H22FN3O2/c1-28-18-11-5-15(6-12-18)13-14-24-22(27)21-19-3-2-4-20(19)26(25-21)17-9-7-16(23)8-10-17/h5-12H,2-4,13-14H2,1H3,(H,24,27). The van der Waals surface area contributed by atoms with E-state index in [-0.39, 0.29) is 11.7 Å². The van der Waals surface area contributed by atoms with Crippen LogP contribution in [-0.2, 0) is 19.3 Å². The van der Waals surface area contributed by atoms with E-state index >= 15 is 0 Å². The second-order valence-corrected chi connectivity index (χ2v) is 6.87. The molecule has 0 saturated heterocycles. The molecule has 0 saturated carbocycles. The number of nitrogens with zero attached hydrogens (tertiary/aromatic N) is 2. The summed E-state index contributed by atoms with van der Waals surface area (Å²) in [6.45, 7) is 0.531. The Morgan fingerprint density at radius 1 is 1.14 bits per heavy atom. The Hall–Kier alpha value is -3.15. The molecule has 0 spiro atoms. The van der Waals surface area contributed by atoms with Gasteiger partial charge in [-0.1, -0.05) is 12.1 Å². The van der Waals surface area contributed by atoms with Crippen molar-refractivity contribution in [2.24, 2.45) is 0 Å². The molecule has 0 bridgehead atoms. The zero-order chi connectivity index (χ0) is 19.5. The highest BCUT2D eigenvalue weighted by molar-refractivity contribution is 5.94. The Morgan fingerprint density at radius 3 is 2.61 bits per heavy atom. The van der Waals surface area contributed by atoms with Gasteiger partial charge in [-0.2, -0.15) is 5.10 Å². The Balaban J connectivity index is 1.47. The first kappa shape index (κ1) is 18.2. The summed E-state index contributed by atoms with van der Waals surface area (Å²) in [5, 5.41) is 7.52. The summed E-state index contributed by atoms with van der Waals surface area (Å²) in [4.78, 5) is 12.7. The molecule has 1 aromatic heterocycles. The molecule has 1 aliphatic carbocycles. The van der Waals surface area contributed by atoms with Crippen LogP contribution in [0.4, 0.5) is 4.39 Å². The maximum atomic E-state index is 13.2. The van der Waals surface area contributed by atoms with Crippen molar-refractivity contribution in [2.45, 2.75) is 25.7 Å². The average Bonchev–Trinajstić information content (AvgIpc) is 3.32. The van der Waals surface area contributed by atoms with E-state index in [0.29, 0.717) is 12.2 Å². The highest BCUT2D eigenvalue weighted by Crippen LogP contribution is 2.28. The quantitative estimate of drug-likeness (QED) is 0.713. The Morgan fingerprint density at radius 2 is 1.89 bits per heavy atom. The van der Waals surface area contributed by atoms with Crippen LogP contribution in [-0.4, -0.2) is 29.3 Å². The fourth-order valence-electron chi connectivity index (χ4n) is 3.61. The van der Waals surface area contributed by atoms with Gasteiger partial charge in [0.1, 0.15) is 11.6 Å². The number of carbonyl (C=O) groups excluding carboxylic acids is 1. The third kappa shape index (κ3) is 3.63. The molecule has 144 valence electrons. The predicted octanol–water partition coefficient (Wildman–Crippen LogP) is 3.48. The molecule has 1 heterocycles. The lowest BCUT2D eigenvalue weighted by molar-refractivity contribution is 0.0948. The summed E-state index contributed by atoms with van der Waals surface area (Å²) in [5.74, 6) is 0.367. The molecule has 0 aliphatic heterocycles. The van der Waals surface area contributed by atoms with Crippen molar-refractivity contribution >= 4 is 5.91 Å². The van der Waals surface area contributed by atoms with Crippen LogP contribution in [0.15, 0.2) is 48.5 Å². The summed E-state index contributed by atoms with van der Waals surface area (Å²) in [5.41, 5.74) is 4.43. The summed E-state index contributed by atoms with van der Waals surface area (Å²) in [7, 11) is 1.64. The number of methoxy groups -OCH3 is 1. The smallest absolute Gasteiger partial charge is 0.272 e. The van der Waals surface area contributed by atoms with Crippen molar-refractivity contribution in [1.82, 2.24) is 15.1 Å². The van der Waals surface area contributed by atoms with Gasteiger partial charge in [0.25, 0.3) is 5.91 Å². The second kappa shape index (κ2) is 7.84. The van der Waals surface area contributed by atoms with E-state index in [0.717, 1.165) is 53.9 Å². The van der Waals surface area contributed by atoms with Crippen molar-refractivity contribution in [2.75, 3.05) is 13.7 Å². The number of nitrogens with one attached hydrogen (secondary N) is 1. The molecule has 3 aromatic rings. The minimum absolute atomic E-state index is 0.160. The van der Waals surface area contributed by atoms with Gasteiger partial charge in [0, 0.05) is 17.8 Å². The van der Waals surface area contributed by atoms with Crippen molar-refractivity contribution in [3.05, 3.63) is 76.9 Å². The Bertz CT molecular complexity index is 978. The molecule has 1 amide bonds. The molecule has 0 unspecified atom stereocenters. The molecule has 2 aromatic carbocycles. The minimum atomic E-state index is -0.288. The second-order valence-electron chi connectivity index (χ2n) is 6.87. The maximum Gasteiger partial charge on any atom is 0.272 e. The summed E-state index contributed by atoms with van der Waals surface area (Å²) in [6.07, 6.45) is 3.45. The van der Waals surface area contributed by atoms with Crippen LogP contribution in [0.25, 0.3) is 5.69 Å². The molecular weight excluding hydrogens is 357 g/mol. The van der Waals surface area contributed by atoms with Gasteiger partial charge in [-0.25, -0.2) is 9.07 Å². The molecule has 4 rings (SSSR count).